The van der Waals surface area contributed by atoms with Crippen LogP contribution in [0.1, 0.15) is 49.9 Å². The van der Waals surface area contributed by atoms with Crippen LogP contribution >= 0.6 is 0 Å². The zero-order valence-corrected chi connectivity index (χ0v) is 19.2. The Morgan fingerprint density at radius 1 is 1.06 bits per heavy atom. The van der Waals surface area contributed by atoms with E-state index in [1.807, 2.05) is 16.7 Å². The van der Waals surface area contributed by atoms with Gasteiger partial charge < -0.3 is 9.80 Å². The third-order valence-electron chi connectivity index (χ3n) is 6.24. The van der Waals surface area contributed by atoms with Crippen molar-refractivity contribution in [2.24, 2.45) is 5.92 Å². The summed E-state index contributed by atoms with van der Waals surface area (Å²) >= 11 is 0. The molecule has 1 aromatic carbocycles. The number of amides is 1. The highest BCUT2D eigenvalue weighted by Crippen LogP contribution is 2.25. The molecule has 1 aromatic rings. The monoisotopic (exact) mass is 453 g/mol. The quantitative estimate of drug-likeness (QED) is 0.593. The predicted octanol–water partition coefficient (Wildman–Crippen LogP) is 2.52. The fourth-order valence-electron chi connectivity index (χ4n) is 4.25. The second-order valence-electron chi connectivity index (χ2n) is 8.38. The van der Waals surface area contributed by atoms with Gasteiger partial charge in [-0.1, -0.05) is 13.3 Å². The van der Waals surface area contributed by atoms with E-state index in [2.05, 4.69) is 0 Å². The number of unbranched alkanes of at least 4 members (excludes halogenated alkanes) is 1. The predicted molar refractivity (Wildman–Crippen MR) is 118 cm³/mol. The van der Waals surface area contributed by atoms with Crippen molar-refractivity contribution < 1.29 is 22.4 Å². The van der Waals surface area contributed by atoms with Gasteiger partial charge in [0.05, 0.1) is 11.4 Å². The maximum absolute atomic E-state index is 14.4. The molecule has 9 heteroatoms. The Kier molecular flexibility index (Phi) is 7.69. The van der Waals surface area contributed by atoms with E-state index < -0.39 is 15.8 Å². The topological polar surface area (TPSA) is 78.0 Å². The van der Waals surface area contributed by atoms with Gasteiger partial charge in [-0.05, 0) is 44.4 Å². The molecule has 0 aliphatic carbocycles. The summed E-state index contributed by atoms with van der Waals surface area (Å²) in [4.78, 5) is 28.1. The lowest BCUT2D eigenvalue weighted by atomic mass is 9.96. The van der Waals surface area contributed by atoms with Crippen LogP contribution in [0.25, 0.3) is 0 Å². The van der Waals surface area contributed by atoms with Crippen LogP contribution in [0.5, 0.6) is 0 Å². The number of carbonyl (C=O) groups excluding carboxylic acids is 2. The molecule has 2 aliphatic rings. The number of hydrogen-bond donors (Lipinski definition) is 0. The van der Waals surface area contributed by atoms with E-state index >= 15 is 0 Å². The van der Waals surface area contributed by atoms with Gasteiger partial charge in [0, 0.05) is 50.7 Å². The second kappa shape index (κ2) is 10.1. The van der Waals surface area contributed by atoms with Crippen LogP contribution in [0.4, 0.5) is 10.1 Å². The lowest BCUT2D eigenvalue weighted by Crippen LogP contribution is -2.52. The molecule has 0 N–H and O–H groups in total. The number of Topliss-reactive ketones (excluding diaryl/α,β-unsaturated/α-hetero) is 1. The summed E-state index contributed by atoms with van der Waals surface area (Å²) in [5, 5.41) is 0. The van der Waals surface area contributed by atoms with Gasteiger partial charge in [-0.25, -0.2) is 17.1 Å². The first-order valence-electron chi connectivity index (χ1n) is 11.0. The van der Waals surface area contributed by atoms with Crippen molar-refractivity contribution in [2.45, 2.75) is 39.5 Å². The fraction of sp³-hybridized carbons (Fsp3) is 0.636. The molecule has 0 radical (unpaired) electrons. The molecule has 2 aliphatic heterocycles. The number of anilines is 1. The van der Waals surface area contributed by atoms with Gasteiger partial charge in [-0.2, -0.15) is 0 Å². The molecule has 0 aromatic heterocycles. The number of rotatable bonds is 7. The number of hydrogen-bond acceptors (Lipinski definition) is 5. The third-order valence-corrected chi connectivity index (χ3v) is 8.20. The average molecular weight is 454 g/mol. The minimum atomic E-state index is -3.22. The van der Waals surface area contributed by atoms with Crippen LogP contribution in [0.2, 0.25) is 0 Å². The van der Waals surface area contributed by atoms with E-state index in [0.717, 1.165) is 6.42 Å². The van der Waals surface area contributed by atoms with Gasteiger partial charge in [0.1, 0.15) is 5.82 Å². The molecule has 0 spiro atoms. The summed E-state index contributed by atoms with van der Waals surface area (Å²) in [6.45, 7) is 6.22. The molecule has 0 saturated carbocycles. The van der Waals surface area contributed by atoms with E-state index in [0.29, 0.717) is 69.8 Å². The lowest BCUT2D eigenvalue weighted by molar-refractivity contribution is -0.137. The largest absolute Gasteiger partial charge is 0.366 e. The Hall–Kier alpha value is -2.00. The van der Waals surface area contributed by atoms with Crippen molar-refractivity contribution in [3.63, 3.8) is 0 Å². The molecular weight excluding hydrogens is 421 g/mol. The molecule has 31 heavy (non-hydrogen) atoms. The molecule has 1 amide bonds. The van der Waals surface area contributed by atoms with E-state index in [4.69, 9.17) is 0 Å². The summed E-state index contributed by atoms with van der Waals surface area (Å²) in [6.07, 6.45) is 2.59. The molecule has 2 fully saturated rings. The lowest BCUT2D eigenvalue weighted by Gasteiger charge is -2.39. The molecule has 172 valence electrons. The van der Waals surface area contributed by atoms with Gasteiger partial charge in [-0.15, -0.1) is 0 Å². The van der Waals surface area contributed by atoms with Gasteiger partial charge >= 0.3 is 0 Å². The Bertz CT molecular complexity index is 905. The minimum Gasteiger partial charge on any atom is -0.366 e. The second-order valence-corrected chi connectivity index (χ2v) is 10.5. The number of nitrogens with zero attached hydrogens (tertiary/aromatic N) is 3. The maximum Gasteiger partial charge on any atom is 0.225 e. The number of piperidine rings is 1. The number of benzene rings is 1. The third kappa shape index (κ3) is 5.63. The van der Waals surface area contributed by atoms with Gasteiger partial charge in [0.25, 0.3) is 0 Å². The Morgan fingerprint density at radius 2 is 1.71 bits per heavy atom. The van der Waals surface area contributed by atoms with Gasteiger partial charge in [0.2, 0.25) is 15.9 Å². The van der Waals surface area contributed by atoms with Crippen LogP contribution in [0, 0.1) is 11.7 Å². The molecule has 2 heterocycles. The van der Waals surface area contributed by atoms with Crippen LogP contribution in [-0.2, 0) is 14.8 Å². The highest BCUT2D eigenvalue weighted by Gasteiger charge is 2.34. The Morgan fingerprint density at radius 3 is 2.26 bits per heavy atom. The van der Waals surface area contributed by atoms with E-state index in [9.17, 15) is 22.4 Å². The smallest absolute Gasteiger partial charge is 0.225 e. The first-order chi connectivity index (χ1) is 14.7. The van der Waals surface area contributed by atoms with Gasteiger partial charge in [-0.3, -0.25) is 9.59 Å². The summed E-state index contributed by atoms with van der Waals surface area (Å²) in [6, 6.07) is 4.51. The molecular formula is C22H32FN3O4S. The van der Waals surface area contributed by atoms with Crippen molar-refractivity contribution >= 4 is 27.4 Å². The molecule has 7 nitrogen and oxygen atoms in total. The SMILES string of the molecule is CCCCS(=O)(=O)N1CCC(C(=O)N2CCN(c3ccc(C(C)=O)cc3F)CC2)CC1. The highest BCUT2D eigenvalue weighted by molar-refractivity contribution is 7.89. The zero-order chi connectivity index (χ0) is 22.6. The Balaban J connectivity index is 1.51. The Labute approximate surface area is 184 Å². The number of ketones is 1. The summed E-state index contributed by atoms with van der Waals surface area (Å²) in [5.74, 6) is -0.517. The zero-order valence-electron chi connectivity index (χ0n) is 18.3. The first-order valence-corrected chi connectivity index (χ1v) is 12.7. The molecule has 0 bridgehead atoms. The van der Waals surface area contributed by atoms with Crippen molar-refractivity contribution in [2.75, 3.05) is 49.9 Å². The van der Waals surface area contributed by atoms with Crippen molar-refractivity contribution in [3.8, 4) is 0 Å². The summed E-state index contributed by atoms with van der Waals surface area (Å²) in [7, 11) is -3.22. The normalized spacial score (nSPS) is 18.9. The van der Waals surface area contributed by atoms with E-state index in [1.54, 1.807) is 12.1 Å². The van der Waals surface area contributed by atoms with Gasteiger partial charge in [0.15, 0.2) is 5.78 Å². The fourth-order valence-corrected chi connectivity index (χ4v) is 5.92. The standard InChI is InChI=1S/C22H32FN3O4S/c1-3-4-15-31(29,30)26-9-7-18(8-10-26)22(28)25-13-11-24(12-14-25)21-6-5-19(17(2)27)16-20(21)23/h5-6,16,18H,3-4,7-15H2,1-2H3. The van der Waals surface area contributed by atoms with E-state index in [1.165, 1.54) is 17.3 Å². The number of carbonyl (C=O) groups is 2. The highest BCUT2D eigenvalue weighted by atomic mass is 32.2. The van der Waals surface area contributed by atoms with Crippen LogP contribution in [-0.4, -0.2) is 74.3 Å². The number of halogens is 1. The van der Waals surface area contributed by atoms with E-state index in [-0.39, 0.29) is 23.4 Å². The van der Waals surface area contributed by atoms with Crippen LogP contribution < -0.4 is 4.90 Å². The summed E-state index contributed by atoms with van der Waals surface area (Å²) in [5.41, 5.74) is 0.792. The molecule has 3 rings (SSSR count). The number of sulfonamides is 1. The average Bonchev–Trinajstić information content (AvgIpc) is 2.77. The van der Waals surface area contributed by atoms with Crippen molar-refractivity contribution in [3.05, 3.63) is 29.6 Å². The summed E-state index contributed by atoms with van der Waals surface area (Å²) < 4.78 is 40.7. The van der Waals surface area contributed by atoms with Crippen LogP contribution in [0.3, 0.4) is 0 Å². The molecule has 0 atom stereocenters. The first kappa shape index (κ1) is 23.7. The molecule has 2 saturated heterocycles. The van der Waals surface area contributed by atoms with Crippen LogP contribution in [0.15, 0.2) is 18.2 Å². The van der Waals surface area contributed by atoms with Crippen molar-refractivity contribution in [1.29, 1.82) is 0 Å². The van der Waals surface area contributed by atoms with Crippen molar-refractivity contribution in [1.82, 2.24) is 9.21 Å². The maximum atomic E-state index is 14.4. The minimum absolute atomic E-state index is 0.0673. The number of piperazine rings is 1. The molecule has 0 unspecified atom stereocenters.